The van der Waals surface area contributed by atoms with E-state index in [1.807, 2.05) is 6.92 Å². The van der Waals surface area contributed by atoms with Gasteiger partial charge in [-0.05, 0) is 25.1 Å². The molecule has 3 N–H and O–H groups in total. The normalized spacial score (nSPS) is 17.5. The molecule has 120 valence electrons. The van der Waals surface area contributed by atoms with Crippen molar-refractivity contribution in [3.05, 3.63) is 23.8 Å². The summed E-state index contributed by atoms with van der Waals surface area (Å²) in [6.45, 7) is 2.12. The Balaban J connectivity index is 1.97. The molecule has 0 radical (unpaired) electrons. The van der Waals surface area contributed by atoms with Gasteiger partial charge in [-0.2, -0.15) is 0 Å². The molecule has 0 spiro atoms. The molecule has 2 rings (SSSR count). The van der Waals surface area contributed by atoms with E-state index in [9.17, 15) is 18.0 Å². The Morgan fingerprint density at radius 1 is 1.36 bits per heavy atom. The zero-order valence-corrected chi connectivity index (χ0v) is 13.8. The lowest BCUT2D eigenvalue weighted by Crippen LogP contribution is -2.34. The number of nitrogens with one attached hydrogen (secondary N) is 3. The molecule has 0 unspecified atom stereocenters. The highest BCUT2D eigenvalue weighted by atomic mass is 32.2. The predicted octanol–water partition coefficient (Wildman–Crippen LogP) is 0.398. The molecule has 2 amide bonds. The van der Waals surface area contributed by atoms with E-state index in [1.165, 1.54) is 11.8 Å². The molecule has 1 atom stereocenters. The molecule has 1 aromatic rings. The first-order chi connectivity index (χ1) is 10.3. The molecule has 1 aliphatic heterocycles. The van der Waals surface area contributed by atoms with E-state index in [2.05, 4.69) is 15.4 Å². The van der Waals surface area contributed by atoms with E-state index in [1.54, 1.807) is 18.2 Å². The molecule has 0 aliphatic carbocycles. The van der Waals surface area contributed by atoms with Crippen LogP contribution in [-0.4, -0.2) is 44.8 Å². The van der Waals surface area contributed by atoms with Gasteiger partial charge in [-0.3, -0.25) is 9.59 Å². The summed E-state index contributed by atoms with van der Waals surface area (Å²) in [6.07, 6.45) is 1.06. The summed E-state index contributed by atoms with van der Waals surface area (Å²) in [5, 5.41) is 5.22. The van der Waals surface area contributed by atoms with Crippen LogP contribution in [0.1, 0.15) is 17.3 Å². The van der Waals surface area contributed by atoms with Crippen LogP contribution in [0.25, 0.3) is 0 Å². The van der Waals surface area contributed by atoms with Gasteiger partial charge in [0.15, 0.2) is 0 Å². The Morgan fingerprint density at radius 2 is 2.09 bits per heavy atom. The third-order valence-corrected chi connectivity index (χ3v) is 4.85. The van der Waals surface area contributed by atoms with Gasteiger partial charge in [0.25, 0.3) is 5.91 Å². The van der Waals surface area contributed by atoms with Crippen LogP contribution in [0.3, 0.4) is 0 Å². The second-order valence-electron chi connectivity index (χ2n) is 4.88. The summed E-state index contributed by atoms with van der Waals surface area (Å²) in [4.78, 5) is 24.6. The van der Waals surface area contributed by atoms with E-state index in [-0.39, 0.29) is 30.2 Å². The lowest BCUT2D eigenvalue weighted by molar-refractivity contribution is -0.115. The SMILES string of the molecule is C[C@H]1Sc2ccc(C(=O)NCCNS(C)(=O)=O)cc2NC1=O. The molecular weight excluding hydrogens is 326 g/mol. The van der Waals surface area contributed by atoms with Gasteiger partial charge in [0.2, 0.25) is 15.9 Å². The van der Waals surface area contributed by atoms with E-state index in [0.717, 1.165) is 11.2 Å². The number of rotatable bonds is 5. The number of amides is 2. The second-order valence-corrected chi connectivity index (χ2v) is 8.10. The van der Waals surface area contributed by atoms with Gasteiger partial charge in [-0.25, -0.2) is 13.1 Å². The van der Waals surface area contributed by atoms with Gasteiger partial charge in [-0.15, -0.1) is 11.8 Å². The number of hydrogen-bond donors (Lipinski definition) is 3. The van der Waals surface area contributed by atoms with Crippen molar-refractivity contribution in [3.8, 4) is 0 Å². The maximum Gasteiger partial charge on any atom is 0.251 e. The van der Waals surface area contributed by atoms with Crippen LogP contribution in [0.5, 0.6) is 0 Å². The summed E-state index contributed by atoms with van der Waals surface area (Å²) in [5.74, 6) is -0.414. The first kappa shape index (κ1) is 16.8. The maximum atomic E-state index is 12.0. The number of fused-ring (bicyclic) bond motifs is 1. The van der Waals surface area contributed by atoms with Crippen LogP contribution in [0.2, 0.25) is 0 Å². The van der Waals surface area contributed by atoms with Crippen molar-refractivity contribution in [2.45, 2.75) is 17.1 Å². The third-order valence-electron chi connectivity index (χ3n) is 2.95. The Morgan fingerprint density at radius 3 is 2.77 bits per heavy atom. The molecule has 1 heterocycles. The number of thioether (sulfide) groups is 1. The number of anilines is 1. The summed E-state index contributed by atoms with van der Waals surface area (Å²) >= 11 is 1.44. The largest absolute Gasteiger partial charge is 0.351 e. The van der Waals surface area contributed by atoms with Gasteiger partial charge < -0.3 is 10.6 Å². The topological polar surface area (TPSA) is 104 Å². The Hall–Kier alpha value is -1.58. The molecule has 9 heteroatoms. The van der Waals surface area contributed by atoms with E-state index >= 15 is 0 Å². The number of benzene rings is 1. The lowest BCUT2D eigenvalue weighted by Gasteiger charge is -2.21. The van der Waals surface area contributed by atoms with Crippen LogP contribution in [-0.2, 0) is 14.8 Å². The molecule has 22 heavy (non-hydrogen) atoms. The zero-order chi connectivity index (χ0) is 16.3. The molecule has 0 saturated carbocycles. The highest BCUT2D eigenvalue weighted by Gasteiger charge is 2.23. The average molecular weight is 343 g/mol. The number of sulfonamides is 1. The monoisotopic (exact) mass is 343 g/mol. The smallest absolute Gasteiger partial charge is 0.251 e. The van der Waals surface area contributed by atoms with E-state index < -0.39 is 10.0 Å². The maximum absolute atomic E-state index is 12.0. The molecule has 0 bridgehead atoms. The van der Waals surface area contributed by atoms with Crippen molar-refractivity contribution in [1.82, 2.24) is 10.0 Å². The van der Waals surface area contributed by atoms with Crippen molar-refractivity contribution in [3.63, 3.8) is 0 Å². The fourth-order valence-corrected chi connectivity index (χ4v) is 3.27. The van der Waals surface area contributed by atoms with Crippen LogP contribution in [0.15, 0.2) is 23.1 Å². The first-order valence-electron chi connectivity index (χ1n) is 6.60. The molecule has 0 saturated heterocycles. The average Bonchev–Trinajstić information content (AvgIpc) is 2.43. The standard InChI is InChI=1S/C13H17N3O4S2/c1-8-12(17)16-10-7-9(3-4-11(10)21-8)13(18)14-5-6-15-22(2,19)20/h3-4,7-8,15H,5-6H2,1-2H3,(H,14,18)(H,16,17)/t8-/m1/s1. The molecular formula is C13H17N3O4S2. The van der Waals surface area contributed by atoms with Gasteiger partial charge in [0, 0.05) is 23.5 Å². The second kappa shape index (κ2) is 6.67. The van der Waals surface area contributed by atoms with Gasteiger partial charge in [-0.1, -0.05) is 0 Å². The minimum Gasteiger partial charge on any atom is -0.351 e. The quantitative estimate of drug-likeness (QED) is 0.671. The molecule has 1 aliphatic rings. The van der Waals surface area contributed by atoms with E-state index in [4.69, 9.17) is 0 Å². The summed E-state index contributed by atoms with van der Waals surface area (Å²) < 4.78 is 24.1. The zero-order valence-electron chi connectivity index (χ0n) is 12.2. The van der Waals surface area contributed by atoms with Gasteiger partial charge in [0.1, 0.15) is 0 Å². The van der Waals surface area contributed by atoms with Crippen molar-refractivity contribution >= 4 is 39.3 Å². The van der Waals surface area contributed by atoms with Crippen LogP contribution >= 0.6 is 11.8 Å². The van der Waals surface area contributed by atoms with Crippen LogP contribution < -0.4 is 15.4 Å². The Kier molecular flexibility index (Phi) is 5.09. The highest BCUT2D eigenvalue weighted by molar-refractivity contribution is 8.01. The Labute approximate surface area is 133 Å². The van der Waals surface area contributed by atoms with Gasteiger partial charge >= 0.3 is 0 Å². The summed E-state index contributed by atoms with van der Waals surface area (Å²) in [6, 6.07) is 5.08. The summed E-state index contributed by atoms with van der Waals surface area (Å²) in [5.41, 5.74) is 1.03. The Bertz CT molecular complexity index is 703. The highest BCUT2D eigenvalue weighted by Crippen LogP contribution is 2.35. The van der Waals surface area contributed by atoms with Crippen molar-refractivity contribution in [2.75, 3.05) is 24.7 Å². The van der Waals surface area contributed by atoms with Crippen LogP contribution in [0.4, 0.5) is 5.69 Å². The third kappa shape index (κ3) is 4.46. The molecule has 7 nitrogen and oxygen atoms in total. The molecule has 1 aromatic carbocycles. The minimum absolute atomic E-state index is 0.0904. The predicted molar refractivity (Wildman–Crippen MR) is 85.6 cm³/mol. The molecule has 0 fully saturated rings. The fraction of sp³-hybridized carbons (Fsp3) is 0.385. The number of hydrogen-bond acceptors (Lipinski definition) is 5. The molecule has 0 aromatic heterocycles. The number of carbonyl (C=O) groups is 2. The van der Waals surface area contributed by atoms with Crippen molar-refractivity contribution < 1.29 is 18.0 Å². The van der Waals surface area contributed by atoms with Crippen LogP contribution in [0, 0.1) is 0 Å². The van der Waals surface area contributed by atoms with Crippen molar-refractivity contribution in [1.29, 1.82) is 0 Å². The minimum atomic E-state index is -3.26. The summed E-state index contributed by atoms with van der Waals surface area (Å²) in [7, 11) is -3.26. The van der Waals surface area contributed by atoms with Crippen molar-refractivity contribution in [2.24, 2.45) is 0 Å². The van der Waals surface area contributed by atoms with E-state index in [0.29, 0.717) is 11.3 Å². The fourth-order valence-electron chi connectivity index (χ4n) is 1.86. The first-order valence-corrected chi connectivity index (χ1v) is 9.38. The lowest BCUT2D eigenvalue weighted by atomic mass is 10.1. The van der Waals surface area contributed by atoms with Gasteiger partial charge in [0.05, 0.1) is 17.2 Å². The number of carbonyl (C=O) groups excluding carboxylic acids is 2.